The highest BCUT2D eigenvalue weighted by Crippen LogP contribution is 2.25. The normalized spacial score (nSPS) is 12.7. The molecule has 17 heavy (non-hydrogen) atoms. The van der Waals surface area contributed by atoms with Crippen molar-refractivity contribution in [1.29, 1.82) is 0 Å². The molecule has 0 aliphatic heterocycles. The van der Waals surface area contributed by atoms with Crippen LogP contribution in [0.2, 0.25) is 0 Å². The fraction of sp³-hybridized carbons (Fsp3) is 0.364. The monoisotopic (exact) mass is 295 g/mol. The third-order valence-corrected chi connectivity index (χ3v) is 3.16. The van der Waals surface area contributed by atoms with Crippen molar-refractivity contribution in [3.05, 3.63) is 40.1 Å². The SMILES string of the molecule is CCn1ncc(Br)c1C(N)c1cnc(C)cn1. The zero-order valence-electron chi connectivity index (χ0n) is 9.76. The largest absolute Gasteiger partial charge is 0.318 e. The summed E-state index contributed by atoms with van der Waals surface area (Å²) in [7, 11) is 0. The van der Waals surface area contributed by atoms with Crippen LogP contribution in [-0.2, 0) is 6.54 Å². The van der Waals surface area contributed by atoms with Gasteiger partial charge in [-0.3, -0.25) is 14.6 Å². The first kappa shape index (κ1) is 12.2. The van der Waals surface area contributed by atoms with Crippen LogP contribution in [0, 0.1) is 6.92 Å². The molecule has 5 nitrogen and oxygen atoms in total. The van der Waals surface area contributed by atoms with Crippen LogP contribution in [0.25, 0.3) is 0 Å². The minimum atomic E-state index is -0.320. The minimum Gasteiger partial charge on any atom is -0.318 e. The standard InChI is InChI=1S/C11H14BrN5/c1-3-17-11(8(12)5-16-17)10(13)9-6-14-7(2)4-15-9/h4-6,10H,3,13H2,1-2H3. The van der Waals surface area contributed by atoms with Crippen LogP contribution in [0.3, 0.4) is 0 Å². The first-order valence-corrected chi connectivity index (χ1v) is 6.18. The lowest BCUT2D eigenvalue weighted by atomic mass is 10.1. The summed E-state index contributed by atoms with van der Waals surface area (Å²) >= 11 is 3.46. The zero-order valence-corrected chi connectivity index (χ0v) is 11.3. The van der Waals surface area contributed by atoms with Gasteiger partial charge in [0, 0.05) is 12.7 Å². The number of nitrogens with two attached hydrogens (primary N) is 1. The highest BCUT2D eigenvalue weighted by molar-refractivity contribution is 9.10. The summed E-state index contributed by atoms with van der Waals surface area (Å²) in [4.78, 5) is 8.51. The number of hydrogen-bond acceptors (Lipinski definition) is 4. The minimum absolute atomic E-state index is 0.320. The Morgan fingerprint density at radius 1 is 1.35 bits per heavy atom. The molecule has 0 saturated carbocycles. The van der Waals surface area contributed by atoms with Crippen molar-refractivity contribution in [3.63, 3.8) is 0 Å². The second kappa shape index (κ2) is 4.93. The lowest BCUT2D eigenvalue weighted by molar-refractivity contribution is 0.594. The Hall–Kier alpha value is -1.27. The number of aryl methyl sites for hydroxylation is 2. The van der Waals surface area contributed by atoms with Crippen molar-refractivity contribution in [2.45, 2.75) is 26.4 Å². The maximum atomic E-state index is 6.19. The summed E-state index contributed by atoms with van der Waals surface area (Å²) in [6.45, 7) is 4.69. The first-order valence-electron chi connectivity index (χ1n) is 5.38. The quantitative estimate of drug-likeness (QED) is 0.938. The molecule has 2 rings (SSSR count). The zero-order chi connectivity index (χ0) is 12.4. The molecule has 0 amide bonds. The third-order valence-electron chi connectivity index (χ3n) is 2.55. The van der Waals surface area contributed by atoms with E-state index in [1.807, 2.05) is 18.5 Å². The van der Waals surface area contributed by atoms with E-state index in [0.717, 1.165) is 28.1 Å². The Morgan fingerprint density at radius 3 is 2.71 bits per heavy atom. The van der Waals surface area contributed by atoms with E-state index in [9.17, 15) is 0 Å². The second-order valence-corrected chi connectivity index (χ2v) is 4.61. The van der Waals surface area contributed by atoms with E-state index >= 15 is 0 Å². The maximum absolute atomic E-state index is 6.19. The molecule has 6 heteroatoms. The molecule has 0 aliphatic carbocycles. The van der Waals surface area contributed by atoms with E-state index in [4.69, 9.17) is 5.73 Å². The Labute approximate surface area is 108 Å². The van der Waals surface area contributed by atoms with Crippen molar-refractivity contribution in [1.82, 2.24) is 19.7 Å². The van der Waals surface area contributed by atoms with Crippen LogP contribution in [0.15, 0.2) is 23.1 Å². The fourth-order valence-corrected chi connectivity index (χ4v) is 2.18. The predicted octanol–water partition coefficient (Wildman–Crippen LogP) is 1.81. The van der Waals surface area contributed by atoms with E-state index in [0.29, 0.717) is 0 Å². The highest BCUT2D eigenvalue weighted by Gasteiger charge is 2.18. The second-order valence-electron chi connectivity index (χ2n) is 3.75. The van der Waals surface area contributed by atoms with Gasteiger partial charge in [0.05, 0.1) is 40.0 Å². The van der Waals surface area contributed by atoms with Gasteiger partial charge in [0.1, 0.15) is 0 Å². The Morgan fingerprint density at radius 2 is 2.12 bits per heavy atom. The van der Waals surface area contributed by atoms with E-state index in [1.54, 1.807) is 18.6 Å². The molecular formula is C11H14BrN5. The predicted molar refractivity (Wildman–Crippen MR) is 68.4 cm³/mol. The lowest BCUT2D eigenvalue weighted by Crippen LogP contribution is -2.19. The van der Waals surface area contributed by atoms with Crippen LogP contribution in [0.1, 0.15) is 30.0 Å². The molecule has 0 aliphatic rings. The van der Waals surface area contributed by atoms with Crippen LogP contribution < -0.4 is 5.73 Å². The molecule has 2 heterocycles. The molecule has 1 unspecified atom stereocenters. The Balaban J connectivity index is 2.39. The number of nitrogens with zero attached hydrogens (tertiary/aromatic N) is 4. The van der Waals surface area contributed by atoms with Gasteiger partial charge in [-0.2, -0.15) is 5.10 Å². The number of hydrogen-bond donors (Lipinski definition) is 1. The highest BCUT2D eigenvalue weighted by atomic mass is 79.9. The average molecular weight is 296 g/mol. The third kappa shape index (κ3) is 2.37. The smallest absolute Gasteiger partial charge is 0.0924 e. The first-order chi connectivity index (χ1) is 8.13. The van der Waals surface area contributed by atoms with E-state index < -0.39 is 0 Å². The van der Waals surface area contributed by atoms with Gasteiger partial charge in [0.25, 0.3) is 0 Å². The van der Waals surface area contributed by atoms with E-state index in [2.05, 4.69) is 31.0 Å². The number of halogens is 1. The van der Waals surface area contributed by atoms with E-state index in [-0.39, 0.29) is 6.04 Å². The number of rotatable bonds is 3. The van der Waals surface area contributed by atoms with Gasteiger partial charge in [-0.1, -0.05) is 0 Å². The molecule has 0 bridgehead atoms. The summed E-state index contributed by atoms with van der Waals surface area (Å²) in [6.07, 6.45) is 5.18. The van der Waals surface area contributed by atoms with Gasteiger partial charge in [-0.05, 0) is 29.8 Å². The van der Waals surface area contributed by atoms with Gasteiger partial charge in [0.2, 0.25) is 0 Å². The van der Waals surface area contributed by atoms with Gasteiger partial charge < -0.3 is 5.73 Å². The molecule has 0 spiro atoms. The molecule has 0 fully saturated rings. The van der Waals surface area contributed by atoms with Gasteiger partial charge >= 0.3 is 0 Å². The molecule has 0 radical (unpaired) electrons. The van der Waals surface area contributed by atoms with Crippen LogP contribution in [0.5, 0.6) is 0 Å². The lowest BCUT2D eigenvalue weighted by Gasteiger charge is -2.13. The van der Waals surface area contributed by atoms with E-state index in [1.165, 1.54) is 0 Å². The Kier molecular flexibility index (Phi) is 3.54. The summed E-state index contributed by atoms with van der Waals surface area (Å²) < 4.78 is 2.75. The molecule has 2 aromatic rings. The van der Waals surface area contributed by atoms with Crippen molar-refractivity contribution < 1.29 is 0 Å². The molecule has 2 N–H and O–H groups in total. The molecular weight excluding hydrogens is 282 g/mol. The van der Waals surface area contributed by atoms with Gasteiger partial charge in [-0.25, -0.2) is 0 Å². The van der Waals surface area contributed by atoms with Crippen molar-refractivity contribution in [3.8, 4) is 0 Å². The van der Waals surface area contributed by atoms with Crippen LogP contribution in [-0.4, -0.2) is 19.7 Å². The Bertz CT molecular complexity index is 505. The van der Waals surface area contributed by atoms with Crippen LogP contribution in [0.4, 0.5) is 0 Å². The van der Waals surface area contributed by atoms with Crippen molar-refractivity contribution >= 4 is 15.9 Å². The van der Waals surface area contributed by atoms with Crippen LogP contribution >= 0.6 is 15.9 Å². The molecule has 1 atom stereocenters. The van der Waals surface area contributed by atoms with Gasteiger partial charge in [0.15, 0.2) is 0 Å². The molecule has 2 aromatic heterocycles. The van der Waals surface area contributed by atoms with Crippen molar-refractivity contribution in [2.75, 3.05) is 0 Å². The molecule has 0 saturated heterocycles. The summed E-state index contributed by atoms with van der Waals surface area (Å²) in [5, 5.41) is 4.24. The number of aromatic nitrogens is 4. The molecule has 90 valence electrons. The van der Waals surface area contributed by atoms with Crippen molar-refractivity contribution in [2.24, 2.45) is 5.73 Å². The fourth-order valence-electron chi connectivity index (χ4n) is 1.64. The summed E-state index contributed by atoms with van der Waals surface area (Å²) in [5.41, 5.74) is 8.74. The summed E-state index contributed by atoms with van der Waals surface area (Å²) in [5.74, 6) is 0. The topological polar surface area (TPSA) is 69.6 Å². The van der Waals surface area contributed by atoms with Gasteiger partial charge in [-0.15, -0.1) is 0 Å². The summed E-state index contributed by atoms with van der Waals surface area (Å²) in [6, 6.07) is -0.320. The molecule has 0 aromatic carbocycles. The average Bonchev–Trinajstić information content (AvgIpc) is 2.70. The maximum Gasteiger partial charge on any atom is 0.0924 e.